The Morgan fingerprint density at radius 2 is 1.91 bits per heavy atom. The first-order valence-electron chi connectivity index (χ1n) is 7.16. The zero-order chi connectivity index (χ0) is 15.5. The third-order valence-electron chi connectivity index (χ3n) is 3.39. The van der Waals surface area contributed by atoms with Crippen LogP contribution < -0.4 is 4.74 Å². The SMILES string of the molecule is CN(C)CCOc1c(Br)ccc2[nH]c(-c3ccccc3)nc12. The van der Waals surface area contributed by atoms with Crippen LogP contribution in [0.3, 0.4) is 0 Å². The van der Waals surface area contributed by atoms with E-state index in [0.717, 1.165) is 39.2 Å². The maximum Gasteiger partial charge on any atom is 0.161 e. The highest BCUT2D eigenvalue weighted by atomic mass is 79.9. The number of nitrogens with zero attached hydrogens (tertiary/aromatic N) is 2. The lowest BCUT2D eigenvalue weighted by molar-refractivity contribution is 0.262. The summed E-state index contributed by atoms with van der Waals surface area (Å²) in [7, 11) is 4.06. The lowest BCUT2D eigenvalue weighted by atomic mass is 10.2. The zero-order valence-electron chi connectivity index (χ0n) is 12.6. The van der Waals surface area contributed by atoms with Crippen molar-refractivity contribution < 1.29 is 4.74 Å². The lowest BCUT2D eigenvalue weighted by Crippen LogP contribution is -2.19. The quantitative estimate of drug-likeness (QED) is 0.750. The second-order valence-corrected chi connectivity index (χ2v) is 6.23. The van der Waals surface area contributed by atoms with Crippen LogP contribution in [0, 0.1) is 0 Å². The van der Waals surface area contributed by atoms with E-state index in [9.17, 15) is 0 Å². The molecule has 0 fully saturated rings. The van der Waals surface area contributed by atoms with Crippen LogP contribution in [-0.4, -0.2) is 42.1 Å². The van der Waals surface area contributed by atoms with Crippen molar-refractivity contribution in [3.63, 3.8) is 0 Å². The number of ether oxygens (including phenoxy) is 1. The molecule has 0 aliphatic carbocycles. The standard InChI is InChI=1S/C17H18BrN3O/c1-21(2)10-11-22-16-13(18)8-9-14-15(16)20-17(19-14)12-6-4-3-5-7-12/h3-9H,10-11H2,1-2H3,(H,19,20). The molecule has 0 aliphatic heterocycles. The van der Waals surface area contributed by atoms with Crippen LogP contribution in [0.4, 0.5) is 0 Å². The summed E-state index contributed by atoms with van der Waals surface area (Å²) in [4.78, 5) is 10.2. The van der Waals surface area contributed by atoms with Crippen LogP contribution >= 0.6 is 15.9 Å². The van der Waals surface area contributed by atoms with Crippen molar-refractivity contribution >= 4 is 27.0 Å². The Morgan fingerprint density at radius 1 is 1.14 bits per heavy atom. The van der Waals surface area contributed by atoms with Crippen molar-refractivity contribution in [2.24, 2.45) is 0 Å². The van der Waals surface area contributed by atoms with E-state index in [1.165, 1.54) is 0 Å². The predicted molar refractivity (Wildman–Crippen MR) is 93.3 cm³/mol. The van der Waals surface area contributed by atoms with Crippen molar-refractivity contribution in [2.75, 3.05) is 27.2 Å². The van der Waals surface area contributed by atoms with Gasteiger partial charge < -0.3 is 14.6 Å². The first-order valence-corrected chi connectivity index (χ1v) is 7.95. The van der Waals surface area contributed by atoms with Crippen LogP contribution in [0.15, 0.2) is 46.9 Å². The number of aromatic amines is 1. The monoisotopic (exact) mass is 359 g/mol. The van der Waals surface area contributed by atoms with Crippen molar-refractivity contribution in [1.82, 2.24) is 14.9 Å². The lowest BCUT2D eigenvalue weighted by Gasteiger charge is -2.12. The van der Waals surface area contributed by atoms with E-state index in [1.54, 1.807) is 0 Å². The van der Waals surface area contributed by atoms with Crippen LogP contribution in [0.5, 0.6) is 5.75 Å². The molecule has 4 nitrogen and oxygen atoms in total. The fraction of sp³-hybridized carbons (Fsp3) is 0.235. The Balaban J connectivity index is 1.97. The van der Waals surface area contributed by atoms with Gasteiger partial charge in [-0.25, -0.2) is 4.98 Å². The van der Waals surface area contributed by atoms with Gasteiger partial charge in [-0.05, 0) is 42.2 Å². The second-order valence-electron chi connectivity index (χ2n) is 5.38. The Kier molecular flexibility index (Phi) is 4.45. The number of rotatable bonds is 5. The van der Waals surface area contributed by atoms with E-state index in [-0.39, 0.29) is 0 Å². The van der Waals surface area contributed by atoms with Gasteiger partial charge in [0.15, 0.2) is 5.75 Å². The summed E-state index contributed by atoms with van der Waals surface area (Å²) in [6.07, 6.45) is 0. The van der Waals surface area contributed by atoms with E-state index in [2.05, 4.69) is 25.8 Å². The van der Waals surface area contributed by atoms with Gasteiger partial charge in [0.2, 0.25) is 0 Å². The number of nitrogens with one attached hydrogen (secondary N) is 1. The summed E-state index contributed by atoms with van der Waals surface area (Å²) < 4.78 is 6.86. The van der Waals surface area contributed by atoms with Gasteiger partial charge in [0, 0.05) is 12.1 Å². The van der Waals surface area contributed by atoms with Crippen LogP contribution in [0.2, 0.25) is 0 Å². The number of imidazole rings is 1. The molecule has 0 unspecified atom stereocenters. The summed E-state index contributed by atoms with van der Waals surface area (Å²) in [6.45, 7) is 1.48. The minimum absolute atomic E-state index is 0.623. The number of fused-ring (bicyclic) bond motifs is 1. The van der Waals surface area contributed by atoms with Gasteiger partial charge in [-0.2, -0.15) is 0 Å². The van der Waals surface area contributed by atoms with Gasteiger partial charge >= 0.3 is 0 Å². The minimum atomic E-state index is 0.623. The van der Waals surface area contributed by atoms with Crippen LogP contribution in [-0.2, 0) is 0 Å². The number of benzene rings is 2. The van der Waals surface area contributed by atoms with E-state index < -0.39 is 0 Å². The van der Waals surface area contributed by atoms with Gasteiger partial charge in [-0.15, -0.1) is 0 Å². The van der Waals surface area contributed by atoms with E-state index in [0.29, 0.717) is 6.61 Å². The molecule has 0 spiro atoms. The molecule has 0 saturated heterocycles. The van der Waals surface area contributed by atoms with Gasteiger partial charge in [-0.1, -0.05) is 30.3 Å². The molecule has 0 radical (unpaired) electrons. The highest BCUT2D eigenvalue weighted by molar-refractivity contribution is 9.10. The summed E-state index contributed by atoms with van der Waals surface area (Å²) in [6, 6.07) is 14.1. The predicted octanol–water partition coefficient (Wildman–Crippen LogP) is 3.93. The zero-order valence-corrected chi connectivity index (χ0v) is 14.2. The molecule has 114 valence electrons. The Bertz CT molecular complexity index is 768. The minimum Gasteiger partial charge on any atom is -0.489 e. The van der Waals surface area contributed by atoms with E-state index >= 15 is 0 Å². The smallest absolute Gasteiger partial charge is 0.161 e. The van der Waals surface area contributed by atoms with E-state index in [4.69, 9.17) is 9.72 Å². The summed E-state index contributed by atoms with van der Waals surface area (Å²) >= 11 is 3.56. The summed E-state index contributed by atoms with van der Waals surface area (Å²) in [5, 5.41) is 0. The van der Waals surface area contributed by atoms with Crippen LogP contribution in [0.1, 0.15) is 0 Å². The fourth-order valence-corrected chi connectivity index (χ4v) is 2.66. The van der Waals surface area contributed by atoms with Gasteiger partial charge in [-0.3, -0.25) is 0 Å². The maximum absolute atomic E-state index is 5.94. The van der Waals surface area contributed by atoms with Gasteiger partial charge in [0.25, 0.3) is 0 Å². The van der Waals surface area contributed by atoms with E-state index in [1.807, 2.05) is 56.6 Å². The summed E-state index contributed by atoms with van der Waals surface area (Å²) in [5.41, 5.74) is 2.89. The third kappa shape index (κ3) is 3.15. The second kappa shape index (κ2) is 6.50. The largest absolute Gasteiger partial charge is 0.489 e. The first kappa shape index (κ1) is 15.1. The molecule has 2 aromatic carbocycles. The molecular formula is C17H18BrN3O. The molecule has 22 heavy (non-hydrogen) atoms. The fourth-order valence-electron chi connectivity index (χ4n) is 2.23. The molecule has 0 amide bonds. The number of hydrogen-bond donors (Lipinski definition) is 1. The molecule has 0 atom stereocenters. The Morgan fingerprint density at radius 3 is 2.64 bits per heavy atom. The molecule has 1 N–H and O–H groups in total. The molecule has 3 aromatic rings. The molecule has 1 heterocycles. The maximum atomic E-state index is 5.94. The molecule has 0 bridgehead atoms. The molecule has 5 heteroatoms. The number of aromatic nitrogens is 2. The average molecular weight is 360 g/mol. The van der Waals surface area contributed by atoms with Crippen molar-refractivity contribution in [3.05, 3.63) is 46.9 Å². The highest BCUT2D eigenvalue weighted by Crippen LogP contribution is 2.34. The van der Waals surface area contributed by atoms with Gasteiger partial charge in [0.05, 0.1) is 9.99 Å². The Labute approximate surface area is 138 Å². The third-order valence-corrected chi connectivity index (χ3v) is 4.02. The van der Waals surface area contributed by atoms with Crippen molar-refractivity contribution in [1.29, 1.82) is 0 Å². The van der Waals surface area contributed by atoms with Crippen LogP contribution in [0.25, 0.3) is 22.4 Å². The summed E-state index contributed by atoms with van der Waals surface area (Å²) in [5.74, 6) is 1.64. The number of H-pyrrole nitrogens is 1. The average Bonchev–Trinajstić information content (AvgIpc) is 2.94. The topological polar surface area (TPSA) is 41.1 Å². The molecule has 3 rings (SSSR count). The first-order chi connectivity index (χ1) is 10.6. The van der Waals surface area contributed by atoms with Crippen molar-refractivity contribution in [3.8, 4) is 17.1 Å². The number of likely N-dealkylation sites (N-methyl/N-ethyl adjacent to an activating group) is 1. The molecule has 1 aromatic heterocycles. The molecule has 0 aliphatic rings. The molecular weight excluding hydrogens is 342 g/mol. The molecule has 0 saturated carbocycles. The highest BCUT2D eigenvalue weighted by Gasteiger charge is 2.13. The normalized spacial score (nSPS) is 11.3. The number of halogens is 1. The van der Waals surface area contributed by atoms with Crippen molar-refractivity contribution in [2.45, 2.75) is 0 Å². The number of hydrogen-bond acceptors (Lipinski definition) is 3. The Hall–Kier alpha value is -1.85. The van der Waals surface area contributed by atoms with Gasteiger partial charge in [0.1, 0.15) is 17.9 Å².